The number of thioether (sulfide) groups is 1. The van der Waals surface area contributed by atoms with E-state index in [1.165, 1.54) is 31.4 Å². The molecule has 1 aliphatic carbocycles. The van der Waals surface area contributed by atoms with Crippen LogP contribution in [0.2, 0.25) is 0 Å². The van der Waals surface area contributed by atoms with Crippen molar-refractivity contribution in [3.8, 4) is 0 Å². The maximum absolute atomic E-state index is 3.42. The van der Waals surface area contributed by atoms with E-state index in [9.17, 15) is 0 Å². The molecular formula is C11H25NS. The Morgan fingerprint density at radius 2 is 1.85 bits per heavy atom. The molecule has 1 rings (SSSR count). The van der Waals surface area contributed by atoms with E-state index in [0.29, 0.717) is 0 Å². The van der Waals surface area contributed by atoms with Gasteiger partial charge < -0.3 is 5.32 Å². The summed E-state index contributed by atoms with van der Waals surface area (Å²) in [6.45, 7) is 6.26. The Balaban J connectivity index is 0.000000671. The van der Waals surface area contributed by atoms with Gasteiger partial charge in [0.15, 0.2) is 0 Å². The summed E-state index contributed by atoms with van der Waals surface area (Å²) < 4.78 is 0. The summed E-state index contributed by atoms with van der Waals surface area (Å²) in [5.74, 6) is 1.27. The first kappa shape index (κ1) is 13.3. The Morgan fingerprint density at radius 3 is 2.38 bits per heavy atom. The molecule has 2 unspecified atom stereocenters. The van der Waals surface area contributed by atoms with Crippen LogP contribution >= 0.6 is 11.8 Å². The van der Waals surface area contributed by atoms with Crippen LogP contribution in [0.1, 0.15) is 46.5 Å². The molecule has 0 heterocycles. The summed E-state index contributed by atoms with van der Waals surface area (Å²) in [6.07, 6.45) is 5.67. The van der Waals surface area contributed by atoms with Crippen LogP contribution in [0.4, 0.5) is 0 Å². The van der Waals surface area contributed by atoms with Crippen molar-refractivity contribution >= 4 is 11.8 Å². The van der Waals surface area contributed by atoms with Gasteiger partial charge in [0, 0.05) is 11.3 Å². The standard InChI is InChI=1S/C9H19NS.C2H6/c1-3-11-9-7-5-4-6-8(9)10-2;1-2/h8-10H,3-7H2,1-2H3;1-2H3. The molecule has 0 bridgehead atoms. The third kappa shape index (κ3) is 4.92. The van der Waals surface area contributed by atoms with Gasteiger partial charge in [-0.15, -0.1) is 0 Å². The van der Waals surface area contributed by atoms with Gasteiger partial charge in [-0.05, 0) is 25.6 Å². The molecule has 1 saturated carbocycles. The van der Waals surface area contributed by atoms with Crippen molar-refractivity contribution in [2.75, 3.05) is 12.8 Å². The number of hydrogen-bond donors (Lipinski definition) is 1. The van der Waals surface area contributed by atoms with Crippen molar-refractivity contribution in [1.29, 1.82) is 0 Å². The van der Waals surface area contributed by atoms with E-state index in [1.54, 1.807) is 0 Å². The molecule has 1 aliphatic rings. The summed E-state index contributed by atoms with van der Waals surface area (Å²) in [5.41, 5.74) is 0. The van der Waals surface area contributed by atoms with Crippen LogP contribution in [0.3, 0.4) is 0 Å². The molecule has 0 aromatic carbocycles. The molecular weight excluding hydrogens is 178 g/mol. The maximum atomic E-state index is 3.42. The average Bonchev–Trinajstić information content (AvgIpc) is 2.22. The van der Waals surface area contributed by atoms with Gasteiger partial charge in [0.25, 0.3) is 0 Å². The lowest BCUT2D eigenvalue weighted by Crippen LogP contribution is -2.38. The van der Waals surface area contributed by atoms with Crippen molar-refractivity contribution in [3.63, 3.8) is 0 Å². The molecule has 0 amide bonds. The Kier molecular flexibility index (Phi) is 9.10. The molecule has 0 saturated heterocycles. The molecule has 1 fully saturated rings. The Bertz CT molecular complexity index is 104. The Hall–Kier alpha value is 0.310. The van der Waals surface area contributed by atoms with Crippen molar-refractivity contribution in [1.82, 2.24) is 5.32 Å². The zero-order valence-electron chi connectivity index (χ0n) is 9.60. The minimum Gasteiger partial charge on any atom is -0.316 e. The normalized spacial score (nSPS) is 27.7. The number of nitrogens with one attached hydrogen (secondary N) is 1. The fraction of sp³-hybridized carbons (Fsp3) is 1.00. The van der Waals surface area contributed by atoms with Gasteiger partial charge in [0.1, 0.15) is 0 Å². The Morgan fingerprint density at radius 1 is 1.23 bits per heavy atom. The van der Waals surface area contributed by atoms with Crippen LogP contribution in [-0.4, -0.2) is 24.1 Å². The molecule has 2 heteroatoms. The van der Waals surface area contributed by atoms with Gasteiger partial charge in [0.05, 0.1) is 0 Å². The van der Waals surface area contributed by atoms with Gasteiger partial charge >= 0.3 is 0 Å². The summed E-state index contributed by atoms with van der Waals surface area (Å²) in [4.78, 5) is 0. The first-order valence-electron chi connectivity index (χ1n) is 5.67. The van der Waals surface area contributed by atoms with Crippen molar-refractivity contribution < 1.29 is 0 Å². The average molecular weight is 203 g/mol. The summed E-state index contributed by atoms with van der Waals surface area (Å²) >= 11 is 2.12. The van der Waals surface area contributed by atoms with Crippen molar-refractivity contribution in [3.05, 3.63) is 0 Å². The highest BCUT2D eigenvalue weighted by Crippen LogP contribution is 2.28. The smallest absolute Gasteiger partial charge is 0.0200 e. The van der Waals surface area contributed by atoms with E-state index in [1.807, 2.05) is 13.8 Å². The van der Waals surface area contributed by atoms with Gasteiger partial charge in [-0.1, -0.05) is 33.6 Å². The van der Waals surface area contributed by atoms with Gasteiger partial charge in [-0.2, -0.15) is 11.8 Å². The summed E-state index contributed by atoms with van der Waals surface area (Å²) in [6, 6.07) is 0.786. The van der Waals surface area contributed by atoms with Crippen molar-refractivity contribution in [2.45, 2.75) is 57.7 Å². The molecule has 13 heavy (non-hydrogen) atoms. The molecule has 0 radical (unpaired) electrons. The van der Waals surface area contributed by atoms with E-state index in [4.69, 9.17) is 0 Å². The zero-order chi connectivity index (χ0) is 10.1. The predicted octanol–water partition coefficient (Wildman–Crippen LogP) is 3.30. The first-order chi connectivity index (χ1) is 6.38. The zero-order valence-corrected chi connectivity index (χ0v) is 10.4. The SMILES string of the molecule is CC.CCSC1CCCCC1NC. The predicted molar refractivity (Wildman–Crippen MR) is 64.6 cm³/mol. The second-order valence-electron chi connectivity index (χ2n) is 3.17. The van der Waals surface area contributed by atoms with E-state index in [0.717, 1.165) is 11.3 Å². The highest BCUT2D eigenvalue weighted by atomic mass is 32.2. The lowest BCUT2D eigenvalue weighted by Gasteiger charge is -2.30. The highest BCUT2D eigenvalue weighted by Gasteiger charge is 2.22. The summed E-state index contributed by atoms with van der Waals surface area (Å²) in [7, 11) is 2.10. The fourth-order valence-corrected chi connectivity index (χ4v) is 3.11. The highest BCUT2D eigenvalue weighted by molar-refractivity contribution is 7.99. The van der Waals surface area contributed by atoms with Gasteiger partial charge in [-0.3, -0.25) is 0 Å². The summed E-state index contributed by atoms with van der Waals surface area (Å²) in [5, 5.41) is 4.31. The second kappa shape index (κ2) is 8.89. The van der Waals surface area contributed by atoms with Crippen molar-refractivity contribution in [2.24, 2.45) is 0 Å². The quantitative estimate of drug-likeness (QED) is 0.755. The second-order valence-corrected chi connectivity index (χ2v) is 4.69. The first-order valence-corrected chi connectivity index (χ1v) is 6.72. The van der Waals surface area contributed by atoms with E-state index >= 15 is 0 Å². The van der Waals surface area contributed by atoms with Crippen LogP contribution in [0.25, 0.3) is 0 Å². The third-order valence-corrected chi connectivity index (χ3v) is 3.78. The van der Waals surface area contributed by atoms with Gasteiger partial charge in [-0.25, -0.2) is 0 Å². The van der Waals surface area contributed by atoms with E-state index < -0.39 is 0 Å². The maximum Gasteiger partial charge on any atom is 0.0200 e. The van der Waals surface area contributed by atoms with E-state index in [-0.39, 0.29) is 0 Å². The molecule has 0 aliphatic heterocycles. The monoisotopic (exact) mass is 203 g/mol. The van der Waals surface area contributed by atoms with Crippen LogP contribution in [0.5, 0.6) is 0 Å². The number of rotatable bonds is 3. The molecule has 2 atom stereocenters. The van der Waals surface area contributed by atoms with E-state index in [2.05, 4.69) is 31.1 Å². The van der Waals surface area contributed by atoms with Crippen LogP contribution in [-0.2, 0) is 0 Å². The lowest BCUT2D eigenvalue weighted by molar-refractivity contribution is 0.405. The minimum absolute atomic E-state index is 0.786. The molecule has 80 valence electrons. The largest absolute Gasteiger partial charge is 0.316 e. The number of hydrogen-bond acceptors (Lipinski definition) is 2. The molecule has 0 aromatic rings. The Labute approximate surface area is 88.1 Å². The molecule has 0 aromatic heterocycles. The minimum atomic E-state index is 0.786. The topological polar surface area (TPSA) is 12.0 Å². The van der Waals surface area contributed by atoms with Crippen LogP contribution in [0, 0.1) is 0 Å². The van der Waals surface area contributed by atoms with Crippen LogP contribution < -0.4 is 5.32 Å². The third-order valence-electron chi connectivity index (χ3n) is 2.45. The van der Waals surface area contributed by atoms with Crippen LogP contribution in [0.15, 0.2) is 0 Å². The van der Waals surface area contributed by atoms with Gasteiger partial charge in [0.2, 0.25) is 0 Å². The molecule has 0 spiro atoms. The molecule has 1 nitrogen and oxygen atoms in total. The molecule has 1 N–H and O–H groups in total. The lowest BCUT2D eigenvalue weighted by atomic mass is 9.95. The fourth-order valence-electron chi connectivity index (χ4n) is 1.84.